The zero-order chi connectivity index (χ0) is 14.7. The first-order valence-corrected chi connectivity index (χ1v) is 7.43. The van der Waals surface area contributed by atoms with E-state index in [1.165, 1.54) is 0 Å². The lowest BCUT2D eigenvalue weighted by Gasteiger charge is -2.32. The van der Waals surface area contributed by atoms with E-state index < -0.39 is 0 Å². The van der Waals surface area contributed by atoms with Crippen molar-refractivity contribution in [2.45, 2.75) is 43.7 Å². The Morgan fingerprint density at radius 2 is 2.24 bits per heavy atom. The van der Waals surface area contributed by atoms with Crippen molar-refractivity contribution < 1.29 is 9.53 Å². The maximum atomic E-state index is 11.9. The molecule has 0 aromatic carbocycles. The predicted octanol–water partition coefficient (Wildman–Crippen LogP) is -0.942. The Bertz CT molecular complexity index is 546. The Balaban J connectivity index is 1.44. The molecule has 1 aromatic rings. The van der Waals surface area contributed by atoms with Crippen molar-refractivity contribution in [2.24, 2.45) is 0 Å². The number of carbonyl (C=O) groups is 1. The van der Waals surface area contributed by atoms with Crippen LogP contribution < -0.4 is 16.3 Å². The third-order valence-electron chi connectivity index (χ3n) is 4.23. The zero-order valence-electron chi connectivity index (χ0n) is 11.9. The molecule has 1 aromatic heterocycles. The van der Waals surface area contributed by atoms with E-state index in [1.54, 1.807) is 0 Å². The van der Waals surface area contributed by atoms with Crippen LogP contribution in [0.15, 0.2) is 4.79 Å². The molecule has 2 aliphatic heterocycles. The normalized spacial score (nSPS) is 24.3. The first kappa shape index (κ1) is 14.3. The number of H-pyrrole nitrogens is 2. The number of carbonyl (C=O) groups excluding carboxylic acids is 1. The molecule has 0 aliphatic carbocycles. The fourth-order valence-electron chi connectivity index (χ4n) is 3.12. The molecule has 3 heterocycles. The number of rotatable bonds is 4. The number of amides is 1. The molecule has 1 atom stereocenters. The molecule has 1 spiro atoms. The van der Waals surface area contributed by atoms with Gasteiger partial charge < -0.3 is 15.4 Å². The molecule has 116 valence electrons. The van der Waals surface area contributed by atoms with Crippen molar-refractivity contribution in [3.05, 3.63) is 16.3 Å². The Morgan fingerprint density at radius 3 is 2.95 bits per heavy atom. The number of hydrogen-bond acceptors (Lipinski definition) is 5. The van der Waals surface area contributed by atoms with Crippen LogP contribution in [-0.2, 0) is 16.0 Å². The molecule has 1 unspecified atom stereocenters. The number of nitrogens with zero attached hydrogens (tertiary/aromatic N) is 1. The van der Waals surface area contributed by atoms with Gasteiger partial charge in [-0.25, -0.2) is 9.89 Å². The van der Waals surface area contributed by atoms with Gasteiger partial charge in [-0.2, -0.15) is 5.10 Å². The quantitative estimate of drug-likeness (QED) is 0.573. The predicted molar refractivity (Wildman–Crippen MR) is 74.9 cm³/mol. The van der Waals surface area contributed by atoms with Crippen LogP contribution in [0.2, 0.25) is 0 Å². The van der Waals surface area contributed by atoms with Crippen LogP contribution in [0.25, 0.3) is 0 Å². The molecule has 0 saturated carbocycles. The third-order valence-corrected chi connectivity index (χ3v) is 4.23. The van der Waals surface area contributed by atoms with E-state index in [4.69, 9.17) is 4.74 Å². The van der Waals surface area contributed by atoms with E-state index in [-0.39, 0.29) is 23.2 Å². The second-order valence-corrected chi connectivity index (χ2v) is 5.84. The second kappa shape index (κ2) is 5.98. The first-order chi connectivity index (χ1) is 10.2. The van der Waals surface area contributed by atoms with E-state index in [2.05, 4.69) is 25.8 Å². The summed E-state index contributed by atoms with van der Waals surface area (Å²) in [6, 6.07) is 0.0915. The van der Waals surface area contributed by atoms with Gasteiger partial charge in [0, 0.05) is 12.8 Å². The second-order valence-electron chi connectivity index (χ2n) is 5.84. The van der Waals surface area contributed by atoms with Gasteiger partial charge >= 0.3 is 5.69 Å². The summed E-state index contributed by atoms with van der Waals surface area (Å²) in [5.74, 6) is 0.478. The van der Waals surface area contributed by atoms with Crippen molar-refractivity contribution in [2.75, 3.05) is 19.7 Å². The Morgan fingerprint density at radius 1 is 1.43 bits per heavy atom. The lowest BCUT2D eigenvalue weighted by molar-refractivity contribution is -0.121. The summed E-state index contributed by atoms with van der Waals surface area (Å²) in [4.78, 5) is 25.4. The van der Waals surface area contributed by atoms with E-state index >= 15 is 0 Å². The van der Waals surface area contributed by atoms with Crippen molar-refractivity contribution in [3.63, 3.8) is 0 Å². The largest absolute Gasteiger partial charge is 0.373 e. The van der Waals surface area contributed by atoms with E-state index in [0.29, 0.717) is 25.3 Å². The van der Waals surface area contributed by atoms with Crippen molar-refractivity contribution in [3.8, 4) is 0 Å². The minimum Gasteiger partial charge on any atom is -0.373 e. The summed E-state index contributed by atoms with van der Waals surface area (Å²) in [6.07, 6.45) is 3.64. The number of nitrogens with one attached hydrogen (secondary N) is 4. The lowest BCUT2D eigenvalue weighted by Crippen LogP contribution is -2.43. The SMILES string of the molecule is O=C(CCc1n[nH]c(=O)[nH]1)NC1COC2(CCNCC2)C1. The number of aryl methyl sites for hydroxylation is 1. The number of aromatic amines is 2. The minimum atomic E-state index is -0.345. The number of piperidine rings is 1. The smallest absolute Gasteiger partial charge is 0.340 e. The number of ether oxygens (including phenoxy) is 1. The van der Waals surface area contributed by atoms with Gasteiger partial charge in [0.1, 0.15) is 5.82 Å². The van der Waals surface area contributed by atoms with Gasteiger partial charge in [0.2, 0.25) is 5.91 Å². The highest BCUT2D eigenvalue weighted by molar-refractivity contribution is 5.76. The highest BCUT2D eigenvalue weighted by Crippen LogP contribution is 2.33. The summed E-state index contributed by atoms with van der Waals surface area (Å²) < 4.78 is 5.94. The summed E-state index contributed by atoms with van der Waals surface area (Å²) in [7, 11) is 0. The standard InChI is InChI=1S/C13H21N5O3/c19-11(2-1-10-16-12(20)18-17-10)15-9-7-13(21-8-9)3-5-14-6-4-13/h9,14H,1-8H2,(H,15,19)(H2,16,17,18,20). The molecule has 2 fully saturated rings. The van der Waals surface area contributed by atoms with Gasteiger partial charge in [0.25, 0.3) is 0 Å². The van der Waals surface area contributed by atoms with Crippen molar-refractivity contribution >= 4 is 5.91 Å². The maximum Gasteiger partial charge on any atom is 0.340 e. The van der Waals surface area contributed by atoms with Gasteiger partial charge in [-0.05, 0) is 32.4 Å². The number of hydrogen-bond donors (Lipinski definition) is 4. The Hall–Kier alpha value is -1.67. The van der Waals surface area contributed by atoms with Crippen LogP contribution in [0, 0.1) is 0 Å². The summed E-state index contributed by atoms with van der Waals surface area (Å²) >= 11 is 0. The maximum absolute atomic E-state index is 11.9. The molecule has 0 radical (unpaired) electrons. The molecule has 1 amide bonds. The monoisotopic (exact) mass is 295 g/mol. The number of aromatic nitrogens is 3. The highest BCUT2D eigenvalue weighted by Gasteiger charge is 2.41. The van der Waals surface area contributed by atoms with Gasteiger partial charge in [0.05, 0.1) is 18.2 Å². The van der Waals surface area contributed by atoms with Crippen LogP contribution in [0.4, 0.5) is 0 Å². The van der Waals surface area contributed by atoms with E-state index in [9.17, 15) is 9.59 Å². The Labute approximate surface area is 122 Å². The Kier molecular flexibility index (Phi) is 4.07. The van der Waals surface area contributed by atoms with Crippen molar-refractivity contribution in [1.82, 2.24) is 25.8 Å². The summed E-state index contributed by atoms with van der Waals surface area (Å²) in [6.45, 7) is 2.55. The van der Waals surface area contributed by atoms with Crippen LogP contribution >= 0.6 is 0 Å². The average Bonchev–Trinajstić information content (AvgIpc) is 3.05. The molecular formula is C13H21N5O3. The summed E-state index contributed by atoms with van der Waals surface area (Å²) in [5, 5.41) is 12.4. The van der Waals surface area contributed by atoms with Crippen molar-refractivity contribution in [1.29, 1.82) is 0 Å². The molecule has 8 nitrogen and oxygen atoms in total. The molecule has 21 heavy (non-hydrogen) atoms. The summed E-state index contributed by atoms with van der Waals surface area (Å²) in [5.41, 5.74) is -0.390. The fourth-order valence-corrected chi connectivity index (χ4v) is 3.12. The van der Waals surface area contributed by atoms with Gasteiger partial charge in [-0.15, -0.1) is 0 Å². The molecular weight excluding hydrogens is 274 g/mol. The van der Waals surface area contributed by atoms with Crippen LogP contribution in [0.1, 0.15) is 31.5 Å². The van der Waals surface area contributed by atoms with Gasteiger partial charge in [-0.3, -0.25) is 9.78 Å². The average molecular weight is 295 g/mol. The molecule has 4 N–H and O–H groups in total. The molecule has 2 aliphatic rings. The molecule has 0 bridgehead atoms. The lowest BCUT2D eigenvalue weighted by atomic mass is 9.88. The van der Waals surface area contributed by atoms with Crippen LogP contribution in [0.3, 0.4) is 0 Å². The first-order valence-electron chi connectivity index (χ1n) is 7.43. The van der Waals surface area contributed by atoms with E-state index in [1.807, 2.05) is 0 Å². The molecule has 8 heteroatoms. The minimum absolute atomic E-state index is 0.0292. The van der Waals surface area contributed by atoms with Crippen LogP contribution in [-0.4, -0.2) is 52.4 Å². The zero-order valence-corrected chi connectivity index (χ0v) is 11.9. The van der Waals surface area contributed by atoms with Gasteiger partial charge in [-0.1, -0.05) is 0 Å². The molecule has 2 saturated heterocycles. The van der Waals surface area contributed by atoms with Gasteiger partial charge in [0.15, 0.2) is 0 Å². The van der Waals surface area contributed by atoms with Crippen LogP contribution in [0.5, 0.6) is 0 Å². The molecule has 3 rings (SSSR count). The van der Waals surface area contributed by atoms with E-state index in [0.717, 1.165) is 32.4 Å². The third kappa shape index (κ3) is 3.51. The fraction of sp³-hybridized carbons (Fsp3) is 0.769. The highest BCUT2D eigenvalue weighted by atomic mass is 16.5. The topological polar surface area (TPSA) is 112 Å².